The predicted octanol–water partition coefficient (Wildman–Crippen LogP) is 5.02. The standard InChI is InChI=1S/C20H20ClF4NO3/c1-26(11-14-15(21)4-3-5-16(14)22)19(27)9-7-13-6-8-17(18(10-13)28-2)29-12-20(23,24)25/h3-6,8,10H,7,9,11-12H2,1-2H3. The number of hydrogen-bond donors (Lipinski definition) is 0. The Kier molecular flexibility index (Phi) is 7.73. The first-order valence-corrected chi connectivity index (χ1v) is 9.02. The van der Waals surface area contributed by atoms with Crippen LogP contribution in [0.15, 0.2) is 36.4 Å². The summed E-state index contributed by atoms with van der Waals surface area (Å²) in [5.41, 5.74) is 0.921. The van der Waals surface area contributed by atoms with Crippen molar-refractivity contribution < 1.29 is 31.8 Å². The van der Waals surface area contributed by atoms with E-state index in [0.717, 1.165) is 0 Å². The summed E-state index contributed by atoms with van der Waals surface area (Å²) in [6, 6.07) is 8.76. The lowest BCUT2D eigenvalue weighted by atomic mass is 10.1. The van der Waals surface area contributed by atoms with Crippen LogP contribution in [0.5, 0.6) is 11.5 Å². The van der Waals surface area contributed by atoms with Crippen LogP contribution in [0.25, 0.3) is 0 Å². The largest absolute Gasteiger partial charge is 0.493 e. The predicted molar refractivity (Wildman–Crippen MR) is 101 cm³/mol. The Hall–Kier alpha value is -2.48. The second kappa shape index (κ2) is 9.82. The summed E-state index contributed by atoms with van der Waals surface area (Å²) in [5.74, 6) is -0.617. The van der Waals surface area contributed by atoms with Gasteiger partial charge in [-0.3, -0.25) is 4.79 Å². The fourth-order valence-electron chi connectivity index (χ4n) is 2.60. The summed E-state index contributed by atoms with van der Waals surface area (Å²) in [7, 11) is 2.86. The van der Waals surface area contributed by atoms with Crippen LogP contribution in [0.3, 0.4) is 0 Å². The van der Waals surface area contributed by atoms with Crippen LogP contribution in [0.4, 0.5) is 17.6 Å². The zero-order valence-electron chi connectivity index (χ0n) is 15.9. The summed E-state index contributed by atoms with van der Waals surface area (Å²) >= 11 is 5.98. The van der Waals surface area contributed by atoms with Gasteiger partial charge in [0.05, 0.1) is 7.11 Å². The van der Waals surface area contributed by atoms with Gasteiger partial charge >= 0.3 is 6.18 Å². The van der Waals surface area contributed by atoms with Gasteiger partial charge in [-0.05, 0) is 36.2 Å². The monoisotopic (exact) mass is 433 g/mol. The molecule has 0 aromatic heterocycles. The second-order valence-electron chi connectivity index (χ2n) is 6.34. The lowest BCUT2D eigenvalue weighted by molar-refractivity contribution is -0.153. The Morgan fingerprint density at radius 2 is 1.90 bits per heavy atom. The molecular formula is C20H20ClF4NO3. The van der Waals surface area contributed by atoms with E-state index in [-0.39, 0.29) is 41.0 Å². The number of amides is 1. The van der Waals surface area contributed by atoms with Crippen LogP contribution >= 0.6 is 11.6 Å². The quantitative estimate of drug-likeness (QED) is 0.549. The molecule has 0 aliphatic carbocycles. The number of nitrogens with zero attached hydrogens (tertiary/aromatic N) is 1. The number of alkyl halides is 3. The van der Waals surface area contributed by atoms with Crippen molar-refractivity contribution in [1.29, 1.82) is 0 Å². The SMILES string of the molecule is COc1cc(CCC(=O)N(C)Cc2c(F)cccc2Cl)ccc1OCC(F)(F)F. The number of methoxy groups -OCH3 is 1. The van der Waals surface area contributed by atoms with Crippen LogP contribution < -0.4 is 9.47 Å². The molecule has 0 unspecified atom stereocenters. The van der Waals surface area contributed by atoms with Crippen LogP contribution in [-0.2, 0) is 17.8 Å². The van der Waals surface area contributed by atoms with Crippen LogP contribution in [0, 0.1) is 5.82 Å². The van der Waals surface area contributed by atoms with Gasteiger partial charge in [-0.25, -0.2) is 4.39 Å². The van der Waals surface area contributed by atoms with Crippen LogP contribution in [-0.4, -0.2) is 37.7 Å². The minimum atomic E-state index is -4.46. The molecule has 0 radical (unpaired) electrons. The van der Waals surface area contributed by atoms with Gasteiger partial charge in [-0.15, -0.1) is 0 Å². The fourth-order valence-corrected chi connectivity index (χ4v) is 2.82. The Morgan fingerprint density at radius 3 is 2.52 bits per heavy atom. The maximum Gasteiger partial charge on any atom is 0.422 e. The lowest BCUT2D eigenvalue weighted by Crippen LogP contribution is -2.27. The maximum absolute atomic E-state index is 13.9. The van der Waals surface area contributed by atoms with Crippen molar-refractivity contribution in [3.63, 3.8) is 0 Å². The average Bonchev–Trinajstić information content (AvgIpc) is 2.66. The van der Waals surface area contributed by atoms with Crippen molar-refractivity contribution in [2.45, 2.75) is 25.6 Å². The Balaban J connectivity index is 1.97. The van der Waals surface area contributed by atoms with E-state index in [4.69, 9.17) is 21.1 Å². The number of rotatable bonds is 8. The molecule has 0 saturated heterocycles. The molecule has 158 valence electrons. The van der Waals surface area contributed by atoms with E-state index in [0.29, 0.717) is 12.0 Å². The third-order valence-corrected chi connectivity index (χ3v) is 4.48. The van der Waals surface area contributed by atoms with E-state index in [1.54, 1.807) is 19.2 Å². The highest BCUT2D eigenvalue weighted by atomic mass is 35.5. The minimum Gasteiger partial charge on any atom is -0.493 e. The topological polar surface area (TPSA) is 38.8 Å². The second-order valence-corrected chi connectivity index (χ2v) is 6.75. The van der Waals surface area contributed by atoms with Gasteiger partial charge in [0, 0.05) is 30.6 Å². The summed E-state index contributed by atoms with van der Waals surface area (Å²) in [5, 5.41) is 0.240. The number of aryl methyl sites for hydroxylation is 1. The van der Waals surface area contributed by atoms with Gasteiger partial charge in [0.2, 0.25) is 5.91 Å². The number of benzene rings is 2. The van der Waals surface area contributed by atoms with E-state index in [1.165, 1.54) is 36.3 Å². The fraction of sp³-hybridized carbons (Fsp3) is 0.350. The van der Waals surface area contributed by atoms with Crippen molar-refractivity contribution in [3.8, 4) is 11.5 Å². The summed E-state index contributed by atoms with van der Waals surface area (Å²) < 4.78 is 60.6. The van der Waals surface area contributed by atoms with Crippen molar-refractivity contribution in [3.05, 3.63) is 58.4 Å². The Labute approximate surface area is 171 Å². The first kappa shape index (κ1) is 22.8. The molecule has 0 aliphatic rings. The van der Waals surface area contributed by atoms with E-state index in [2.05, 4.69) is 0 Å². The maximum atomic E-state index is 13.9. The number of carbonyl (C=O) groups is 1. The molecular weight excluding hydrogens is 414 g/mol. The van der Waals surface area contributed by atoms with Crippen molar-refractivity contribution >= 4 is 17.5 Å². The number of ether oxygens (including phenoxy) is 2. The molecule has 2 aromatic rings. The van der Waals surface area contributed by atoms with Crippen LogP contribution in [0.2, 0.25) is 5.02 Å². The number of carbonyl (C=O) groups excluding carboxylic acids is 1. The van der Waals surface area contributed by atoms with Gasteiger partial charge < -0.3 is 14.4 Å². The normalized spacial score (nSPS) is 11.3. The van der Waals surface area contributed by atoms with E-state index in [9.17, 15) is 22.4 Å². The van der Waals surface area contributed by atoms with E-state index in [1.807, 2.05) is 0 Å². The average molecular weight is 434 g/mol. The summed E-state index contributed by atoms with van der Waals surface area (Å²) in [6.07, 6.45) is -4.01. The molecule has 0 heterocycles. The molecule has 9 heteroatoms. The molecule has 0 aliphatic heterocycles. The summed E-state index contributed by atoms with van der Waals surface area (Å²) in [6.45, 7) is -1.40. The highest BCUT2D eigenvalue weighted by molar-refractivity contribution is 6.31. The number of halogens is 5. The molecule has 2 aromatic carbocycles. The molecule has 0 spiro atoms. The van der Waals surface area contributed by atoms with Crippen LogP contribution in [0.1, 0.15) is 17.5 Å². The third kappa shape index (κ3) is 6.81. The molecule has 4 nitrogen and oxygen atoms in total. The highest BCUT2D eigenvalue weighted by Crippen LogP contribution is 2.30. The highest BCUT2D eigenvalue weighted by Gasteiger charge is 2.29. The molecule has 0 fully saturated rings. The number of hydrogen-bond acceptors (Lipinski definition) is 3. The smallest absolute Gasteiger partial charge is 0.422 e. The Morgan fingerprint density at radius 1 is 1.17 bits per heavy atom. The molecule has 0 N–H and O–H groups in total. The molecule has 0 atom stereocenters. The minimum absolute atomic E-state index is 0.0257. The zero-order valence-corrected chi connectivity index (χ0v) is 16.6. The zero-order chi connectivity index (χ0) is 21.6. The van der Waals surface area contributed by atoms with Gasteiger partial charge in [-0.1, -0.05) is 23.7 Å². The molecule has 1 amide bonds. The Bertz CT molecular complexity index is 838. The van der Waals surface area contributed by atoms with Crippen molar-refractivity contribution in [2.24, 2.45) is 0 Å². The lowest BCUT2D eigenvalue weighted by Gasteiger charge is -2.19. The van der Waals surface area contributed by atoms with E-state index >= 15 is 0 Å². The molecule has 0 saturated carbocycles. The van der Waals surface area contributed by atoms with Gasteiger partial charge in [-0.2, -0.15) is 13.2 Å². The van der Waals surface area contributed by atoms with E-state index < -0.39 is 18.6 Å². The third-order valence-electron chi connectivity index (χ3n) is 4.13. The van der Waals surface area contributed by atoms with Crippen molar-refractivity contribution in [1.82, 2.24) is 4.90 Å². The first-order chi connectivity index (χ1) is 13.6. The van der Waals surface area contributed by atoms with Gasteiger partial charge in [0.15, 0.2) is 18.1 Å². The first-order valence-electron chi connectivity index (χ1n) is 8.64. The summed E-state index contributed by atoms with van der Waals surface area (Å²) in [4.78, 5) is 13.7. The van der Waals surface area contributed by atoms with Gasteiger partial charge in [0.25, 0.3) is 0 Å². The molecule has 29 heavy (non-hydrogen) atoms. The molecule has 0 bridgehead atoms. The molecule has 2 rings (SSSR count). The van der Waals surface area contributed by atoms with Gasteiger partial charge in [0.1, 0.15) is 5.82 Å². The van der Waals surface area contributed by atoms with Crippen molar-refractivity contribution in [2.75, 3.05) is 20.8 Å².